The highest BCUT2D eigenvalue weighted by atomic mass is 19.4. The van der Waals surface area contributed by atoms with Crippen molar-refractivity contribution in [1.82, 2.24) is 0 Å². The second-order valence-electron chi connectivity index (χ2n) is 8.23. The number of hydrogen-bond acceptors (Lipinski definition) is 4. The second kappa shape index (κ2) is 10.6. The van der Waals surface area contributed by atoms with Crippen LogP contribution in [0.3, 0.4) is 0 Å². The molecule has 0 unspecified atom stereocenters. The van der Waals surface area contributed by atoms with E-state index in [0.29, 0.717) is 12.1 Å². The Kier molecular flexibility index (Phi) is 7.49. The van der Waals surface area contributed by atoms with Crippen molar-refractivity contribution in [2.45, 2.75) is 17.8 Å². The summed E-state index contributed by atoms with van der Waals surface area (Å²) in [5, 5.41) is 0. The number of carbonyl (C=O) groups excluding carboxylic acids is 2. The average molecular weight is 544 g/mol. The summed E-state index contributed by atoms with van der Waals surface area (Å²) in [7, 11) is 0. The van der Waals surface area contributed by atoms with Crippen LogP contribution in [0.2, 0.25) is 0 Å². The van der Waals surface area contributed by atoms with Crippen LogP contribution in [0.1, 0.15) is 31.8 Å². The molecule has 4 aromatic carbocycles. The van der Waals surface area contributed by atoms with Crippen molar-refractivity contribution in [1.29, 1.82) is 0 Å². The number of esters is 2. The Hall–Kier alpha value is -4.60. The van der Waals surface area contributed by atoms with E-state index < -0.39 is 52.0 Å². The van der Waals surface area contributed by atoms with Gasteiger partial charge in [0.05, 0.1) is 11.1 Å². The summed E-state index contributed by atoms with van der Waals surface area (Å²) >= 11 is 0. The predicted octanol–water partition coefficient (Wildman–Crippen LogP) is 7.54. The Morgan fingerprint density at radius 1 is 0.487 bits per heavy atom. The Morgan fingerprint density at radius 2 is 0.821 bits per heavy atom. The van der Waals surface area contributed by atoms with Crippen LogP contribution < -0.4 is 9.47 Å². The third-order valence-electron chi connectivity index (χ3n) is 5.73. The topological polar surface area (TPSA) is 52.6 Å². The molecule has 0 atom stereocenters. The minimum atomic E-state index is -6.44. The first-order chi connectivity index (χ1) is 18.5. The Balaban J connectivity index is 1.92. The van der Waals surface area contributed by atoms with Crippen LogP contribution in [0.4, 0.5) is 26.3 Å². The molecular weight excluding hydrogens is 526 g/mol. The van der Waals surface area contributed by atoms with Gasteiger partial charge in [-0.1, -0.05) is 72.8 Å². The van der Waals surface area contributed by atoms with Gasteiger partial charge in [0.2, 0.25) is 5.67 Å². The van der Waals surface area contributed by atoms with E-state index in [1.165, 1.54) is 48.5 Å². The van der Waals surface area contributed by atoms with Gasteiger partial charge in [0.1, 0.15) is 11.5 Å². The highest BCUT2D eigenvalue weighted by Gasteiger charge is 2.73. The zero-order valence-electron chi connectivity index (χ0n) is 19.8. The highest BCUT2D eigenvalue weighted by Crippen LogP contribution is 2.55. The Bertz CT molecular complexity index is 1370. The van der Waals surface area contributed by atoms with E-state index in [1.807, 2.05) is 0 Å². The quantitative estimate of drug-likeness (QED) is 0.137. The molecule has 0 saturated heterocycles. The maximum atomic E-state index is 17.0. The monoisotopic (exact) mass is 544 g/mol. The van der Waals surface area contributed by atoms with E-state index in [9.17, 15) is 22.8 Å². The molecule has 0 aromatic heterocycles. The number of alkyl halides is 6. The fraction of sp³-hybridized carbons (Fsp3) is 0.103. The van der Waals surface area contributed by atoms with Gasteiger partial charge < -0.3 is 9.47 Å². The molecule has 4 aromatic rings. The minimum Gasteiger partial charge on any atom is -0.423 e. The lowest BCUT2D eigenvalue weighted by atomic mass is 9.78. The van der Waals surface area contributed by atoms with Crippen LogP contribution in [0.15, 0.2) is 109 Å². The summed E-state index contributed by atoms with van der Waals surface area (Å²) < 4.78 is 99.3. The largest absolute Gasteiger partial charge is 0.457 e. The van der Waals surface area contributed by atoms with E-state index in [0.717, 1.165) is 36.4 Å². The van der Waals surface area contributed by atoms with Crippen molar-refractivity contribution in [2.75, 3.05) is 0 Å². The molecule has 0 fully saturated rings. The molecule has 0 bridgehead atoms. The standard InChI is InChI=1S/C29H18F6O4/c30-27(28(31,32)29(33,34)35,23-17-9-7-15-21(23)25(36)38-19-11-3-1-4-12-19)24-18-10-8-16-22(24)26(37)39-20-13-5-2-6-14-20/h1-18H. The van der Waals surface area contributed by atoms with Gasteiger partial charge in [0.15, 0.2) is 0 Å². The van der Waals surface area contributed by atoms with Gasteiger partial charge in [-0.2, -0.15) is 22.0 Å². The summed E-state index contributed by atoms with van der Waals surface area (Å²) in [4.78, 5) is 25.9. The van der Waals surface area contributed by atoms with Crippen molar-refractivity contribution in [3.63, 3.8) is 0 Å². The summed E-state index contributed by atoms with van der Waals surface area (Å²) in [6.45, 7) is 0. The first-order valence-electron chi connectivity index (χ1n) is 11.3. The van der Waals surface area contributed by atoms with E-state index in [-0.39, 0.29) is 11.5 Å². The van der Waals surface area contributed by atoms with E-state index in [2.05, 4.69) is 0 Å². The smallest absolute Gasteiger partial charge is 0.423 e. The van der Waals surface area contributed by atoms with Crippen LogP contribution in [-0.4, -0.2) is 24.0 Å². The molecule has 0 aliphatic rings. The van der Waals surface area contributed by atoms with Crippen LogP contribution in [-0.2, 0) is 5.67 Å². The number of hydrogen-bond donors (Lipinski definition) is 0. The van der Waals surface area contributed by atoms with Crippen molar-refractivity contribution < 1.29 is 45.4 Å². The molecular formula is C29H18F6O4. The summed E-state index contributed by atoms with van der Waals surface area (Å²) in [5.74, 6) is -9.01. The summed E-state index contributed by atoms with van der Waals surface area (Å²) in [6.07, 6.45) is -6.44. The number of ether oxygens (including phenoxy) is 2. The van der Waals surface area contributed by atoms with E-state index in [4.69, 9.17) is 9.47 Å². The van der Waals surface area contributed by atoms with Crippen LogP contribution in [0.5, 0.6) is 11.5 Å². The number of halogens is 6. The van der Waals surface area contributed by atoms with Gasteiger partial charge in [-0.05, 0) is 36.4 Å². The molecule has 0 amide bonds. The van der Waals surface area contributed by atoms with E-state index >= 15 is 13.2 Å². The SMILES string of the molecule is O=C(Oc1ccccc1)c1ccccc1C(F)(c1ccccc1C(=O)Oc1ccccc1)C(F)(F)C(F)(F)F. The van der Waals surface area contributed by atoms with Crippen LogP contribution in [0, 0.1) is 0 Å². The number of rotatable bonds is 7. The molecule has 4 nitrogen and oxygen atoms in total. The van der Waals surface area contributed by atoms with Gasteiger partial charge in [-0.25, -0.2) is 14.0 Å². The predicted molar refractivity (Wildman–Crippen MR) is 129 cm³/mol. The third kappa shape index (κ3) is 5.22. The Labute approximate surface area is 218 Å². The molecule has 0 spiro atoms. The van der Waals surface area contributed by atoms with Gasteiger partial charge in [-0.3, -0.25) is 0 Å². The molecule has 39 heavy (non-hydrogen) atoms. The fourth-order valence-corrected chi connectivity index (χ4v) is 3.90. The number of para-hydroxylation sites is 2. The van der Waals surface area contributed by atoms with Crippen LogP contribution >= 0.6 is 0 Å². The van der Waals surface area contributed by atoms with Gasteiger partial charge >= 0.3 is 24.0 Å². The minimum absolute atomic E-state index is 0.0591. The summed E-state index contributed by atoms with van der Waals surface area (Å²) in [5.41, 5.74) is -9.27. The van der Waals surface area contributed by atoms with Crippen molar-refractivity contribution in [3.8, 4) is 11.5 Å². The molecule has 10 heteroatoms. The lowest BCUT2D eigenvalue weighted by Crippen LogP contribution is -2.54. The molecule has 0 aliphatic heterocycles. The highest BCUT2D eigenvalue weighted by molar-refractivity contribution is 5.95. The molecule has 0 aliphatic carbocycles. The maximum Gasteiger partial charge on any atom is 0.457 e. The zero-order chi connectivity index (χ0) is 28.3. The van der Waals surface area contributed by atoms with Crippen molar-refractivity contribution >= 4 is 11.9 Å². The van der Waals surface area contributed by atoms with Crippen molar-refractivity contribution in [3.05, 3.63) is 131 Å². The lowest BCUT2D eigenvalue weighted by Gasteiger charge is -2.37. The maximum absolute atomic E-state index is 17.0. The molecule has 0 saturated carbocycles. The van der Waals surface area contributed by atoms with E-state index in [1.54, 1.807) is 12.1 Å². The molecule has 0 heterocycles. The lowest BCUT2D eigenvalue weighted by molar-refractivity contribution is -0.323. The second-order valence-corrected chi connectivity index (χ2v) is 8.23. The average Bonchev–Trinajstić information content (AvgIpc) is 2.93. The first kappa shape index (κ1) is 27.4. The zero-order valence-corrected chi connectivity index (χ0v) is 19.8. The van der Waals surface area contributed by atoms with Crippen molar-refractivity contribution in [2.24, 2.45) is 0 Å². The molecule has 0 radical (unpaired) electrons. The molecule has 0 N–H and O–H groups in total. The van der Waals surface area contributed by atoms with Gasteiger partial charge in [-0.15, -0.1) is 0 Å². The fourth-order valence-electron chi connectivity index (χ4n) is 3.90. The number of carbonyl (C=O) groups is 2. The Morgan fingerprint density at radius 3 is 1.18 bits per heavy atom. The van der Waals surface area contributed by atoms with Crippen LogP contribution in [0.25, 0.3) is 0 Å². The first-order valence-corrected chi connectivity index (χ1v) is 11.3. The third-order valence-corrected chi connectivity index (χ3v) is 5.73. The van der Waals surface area contributed by atoms with Gasteiger partial charge in [0.25, 0.3) is 0 Å². The number of benzene rings is 4. The normalized spacial score (nSPS) is 12.1. The molecule has 200 valence electrons. The van der Waals surface area contributed by atoms with Gasteiger partial charge in [0, 0.05) is 11.1 Å². The summed E-state index contributed by atoms with van der Waals surface area (Å²) in [6, 6.07) is 21.7. The molecule has 4 rings (SSSR count).